The molecule has 70 valence electrons. The maximum Gasteiger partial charge on any atom is 0.124 e. The number of rotatable bonds is 3. The zero-order valence-corrected chi connectivity index (χ0v) is 9.48. The van der Waals surface area contributed by atoms with Gasteiger partial charge in [0.25, 0.3) is 0 Å². The Hall–Kier alpha value is -0.280. The lowest BCUT2D eigenvalue weighted by Gasteiger charge is -1.97. The van der Waals surface area contributed by atoms with E-state index in [1.807, 2.05) is 12.2 Å². The molecular weight excluding hydrogens is 251 g/mol. The van der Waals surface area contributed by atoms with Crippen molar-refractivity contribution in [2.75, 3.05) is 5.75 Å². The molecule has 0 aliphatic carbocycles. The fourth-order valence-corrected chi connectivity index (χ4v) is 1.55. The van der Waals surface area contributed by atoms with Crippen LogP contribution < -0.4 is 0 Å². The zero-order valence-electron chi connectivity index (χ0n) is 7.00. The first-order valence-corrected chi connectivity index (χ1v) is 5.39. The molecule has 1 aromatic rings. The van der Waals surface area contributed by atoms with Gasteiger partial charge in [-0.2, -0.15) is 12.6 Å². The van der Waals surface area contributed by atoms with Crippen LogP contribution >= 0.6 is 28.6 Å². The molecule has 0 aromatic heterocycles. The molecule has 0 heterocycles. The van der Waals surface area contributed by atoms with E-state index in [-0.39, 0.29) is 5.82 Å². The minimum Gasteiger partial charge on any atom is -0.207 e. The van der Waals surface area contributed by atoms with E-state index in [1.54, 1.807) is 6.07 Å². The van der Waals surface area contributed by atoms with Crippen LogP contribution in [0.25, 0.3) is 6.08 Å². The minimum absolute atomic E-state index is 0.224. The van der Waals surface area contributed by atoms with Crippen molar-refractivity contribution in [3.63, 3.8) is 0 Å². The predicted molar refractivity (Wildman–Crippen MR) is 61.6 cm³/mol. The number of benzene rings is 1. The number of halogens is 2. The van der Waals surface area contributed by atoms with Crippen LogP contribution in [0.4, 0.5) is 4.39 Å². The fraction of sp³-hybridized carbons (Fsp3) is 0.200. The van der Waals surface area contributed by atoms with Crippen molar-refractivity contribution in [3.05, 3.63) is 40.1 Å². The smallest absolute Gasteiger partial charge is 0.124 e. The van der Waals surface area contributed by atoms with E-state index < -0.39 is 0 Å². The summed E-state index contributed by atoms with van der Waals surface area (Å²) in [4.78, 5) is 0. The van der Waals surface area contributed by atoms with Crippen LogP contribution in [0.15, 0.2) is 28.7 Å². The van der Waals surface area contributed by atoms with Gasteiger partial charge in [0.05, 0.1) is 0 Å². The molecule has 0 bridgehead atoms. The molecule has 0 aliphatic heterocycles. The van der Waals surface area contributed by atoms with Gasteiger partial charge < -0.3 is 0 Å². The highest BCUT2D eigenvalue weighted by atomic mass is 79.9. The summed E-state index contributed by atoms with van der Waals surface area (Å²) in [5.74, 6) is 0.605. The molecule has 0 saturated heterocycles. The molecule has 0 saturated carbocycles. The van der Waals surface area contributed by atoms with Gasteiger partial charge in [-0.05, 0) is 29.9 Å². The van der Waals surface area contributed by atoms with E-state index in [4.69, 9.17) is 0 Å². The minimum atomic E-state index is -0.224. The predicted octanol–water partition coefficient (Wildman–Crippen LogP) is 3.92. The Morgan fingerprint density at radius 1 is 1.46 bits per heavy atom. The normalized spacial score (nSPS) is 11.0. The molecule has 13 heavy (non-hydrogen) atoms. The van der Waals surface area contributed by atoms with Crippen molar-refractivity contribution in [1.29, 1.82) is 0 Å². The Morgan fingerprint density at radius 3 is 2.85 bits per heavy atom. The molecule has 1 rings (SSSR count). The first-order chi connectivity index (χ1) is 6.24. The Bertz CT molecular complexity index is 310. The van der Waals surface area contributed by atoms with Gasteiger partial charge in [0, 0.05) is 4.47 Å². The molecule has 0 fully saturated rings. The zero-order chi connectivity index (χ0) is 9.68. The largest absolute Gasteiger partial charge is 0.207 e. The number of hydrogen-bond donors (Lipinski definition) is 1. The van der Waals surface area contributed by atoms with Crippen molar-refractivity contribution < 1.29 is 4.39 Å². The summed E-state index contributed by atoms with van der Waals surface area (Å²) in [7, 11) is 0. The summed E-state index contributed by atoms with van der Waals surface area (Å²) in [5.41, 5.74) is 0.989. The maximum absolute atomic E-state index is 12.7. The Morgan fingerprint density at radius 2 is 2.23 bits per heavy atom. The van der Waals surface area contributed by atoms with Crippen LogP contribution in [0.1, 0.15) is 12.0 Å². The van der Waals surface area contributed by atoms with E-state index in [0.717, 1.165) is 22.2 Å². The molecule has 0 atom stereocenters. The molecule has 3 heteroatoms. The fourth-order valence-electron chi connectivity index (χ4n) is 0.922. The highest BCUT2D eigenvalue weighted by Crippen LogP contribution is 2.19. The van der Waals surface area contributed by atoms with E-state index in [1.165, 1.54) is 12.1 Å². The third kappa shape index (κ3) is 3.53. The molecule has 0 unspecified atom stereocenters. The molecule has 0 spiro atoms. The molecule has 0 amide bonds. The van der Waals surface area contributed by atoms with Crippen molar-refractivity contribution in [1.82, 2.24) is 0 Å². The lowest BCUT2D eigenvalue weighted by Crippen LogP contribution is -1.78. The number of thiol groups is 1. The van der Waals surface area contributed by atoms with Crippen LogP contribution in [0.2, 0.25) is 0 Å². The summed E-state index contributed by atoms with van der Waals surface area (Å²) >= 11 is 7.38. The van der Waals surface area contributed by atoms with E-state index >= 15 is 0 Å². The van der Waals surface area contributed by atoms with Gasteiger partial charge in [-0.25, -0.2) is 4.39 Å². The molecule has 0 N–H and O–H groups in total. The second kappa shape index (κ2) is 5.45. The van der Waals surface area contributed by atoms with Crippen LogP contribution in [0.3, 0.4) is 0 Å². The Balaban J connectivity index is 2.77. The van der Waals surface area contributed by atoms with Crippen molar-refractivity contribution in [2.45, 2.75) is 6.42 Å². The number of allylic oxidation sites excluding steroid dienone is 1. The monoisotopic (exact) mass is 260 g/mol. The maximum atomic E-state index is 12.7. The highest BCUT2D eigenvalue weighted by molar-refractivity contribution is 9.10. The van der Waals surface area contributed by atoms with Crippen LogP contribution in [0, 0.1) is 5.82 Å². The molecule has 0 nitrogen and oxygen atoms in total. The van der Waals surface area contributed by atoms with E-state index in [0.29, 0.717) is 0 Å². The second-order valence-electron chi connectivity index (χ2n) is 2.58. The average Bonchev–Trinajstić information content (AvgIpc) is 2.09. The lowest BCUT2D eigenvalue weighted by molar-refractivity contribution is 0.627. The summed E-state index contributed by atoms with van der Waals surface area (Å²) < 4.78 is 13.5. The third-order valence-corrected chi connectivity index (χ3v) is 2.50. The standard InChI is InChI=1S/C10H10BrFS/c11-10-7-9(12)5-4-8(10)3-1-2-6-13/h1,3-5,7,13H,2,6H2. The lowest BCUT2D eigenvalue weighted by atomic mass is 10.2. The van der Waals surface area contributed by atoms with Gasteiger partial charge in [-0.1, -0.05) is 34.1 Å². The highest BCUT2D eigenvalue weighted by Gasteiger charge is 1.96. The van der Waals surface area contributed by atoms with Crippen molar-refractivity contribution in [3.8, 4) is 0 Å². The van der Waals surface area contributed by atoms with E-state index in [9.17, 15) is 4.39 Å². The van der Waals surface area contributed by atoms with Gasteiger partial charge >= 0.3 is 0 Å². The van der Waals surface area contributed by atoms with Crippen LogP contribution in [0.5, 0.6) is 0 Å². The third-order valence-electron chi connectivity index (χ3n) is 1.56. The van der Waals surface area contributed by atoms with E-state index in [2.05, 4.69) is 28.6 Å². The molecule has 0 radical (unpaired) electrons. The Kier molecular flexibility index (Phi) is 4.53. The van der Waals surface area contributed by atoms with Crippen molar-refractivity contribution in [2.24, 2.45) is 0 Å². The molecule has 1 aromatic carbocycles. The van der Waals surface area contributed by atoms with Crippen LogP contribution in [-0.4, -0.2) is 5.75 Å². The van der Waals surface area contributed by atoms with Crippen molar-refractivity contribution >= 4 is 34.6 Å². The first-order valence-electron chi connectivity index (χ1n) is 3.96. The summed E-state index contributed by atoms with van der Waals surface area (Å²) in [6, 6.07) is 4.65. The SMILES string of the molecule is Fc1ccc(C=CCCS)c(Br)c1. The first kappa shape index (κ1) is 10.8. The molecular formula is C10H10BrFS. The summed E-state index contributed by atoms with van der Waals surface area (Å²) in [6.45, 7) is 0. The van der Waals surface area contributed by atoms with Crippen LogP contribution in [-0.2, 0) is 0 Å². The van der Waals surface area contributed by atoms with Gasteiger partial charge in [-0.3, -0.25) is 0 Å². The van der Waals surface area contributed by atoms with Gasteiger partial charge in [0.2, 0.25) is 0 Å². The topological polar surface area (TPSA) is 0 Å². The Labute approximate surface area is 91.4 Å². The van der Waals surface area contributed by atoms with Gasteiger partial charge in [0.15, 0.2) is 0 Å². The summed E-state index contributed by atoms with van der Waals surface area (Å²) in [6.07, 6.45) is 4.90. The average molecular weight is 261 g/mol. The molecule has 0 aliphatic rings. The second-order valence-corrected chi connectivity index (χ2v) is 3.88. The van der Waals surface area contributed by atoms with Gasteiger partial charge in [-0.15, -0.1) is 0 Å². The quantitative estimate of drug-likeness (QED) is 0.783. The summed E-state index contributed by atoms with van der Waals surface area (Å²) in [5, 5.41) is 0. The van der Waals surface area contributed by atoms with Gasteiger partial charge in [0.1, 0.15) is 5.82 Å². The number of hydrogen-bond acceptors (Lipinski definition) is 1.